The number of rotatable bonds is 6. The zero-order chi connectivity index (χ0) is 15.2. The van der Waals surface area contributed by atoms with Crippen LogP contribution in [0.2, 0.25) is 0 Å². The molecule has 1 aliphatic heterocycles. The number of nitrogens with zero attached hydrogens (tertiary/aromatic N) is 2. The van der Waals surface area contributed by atoms with E-state index in [4.69, 9.17) is 9.84 Å². The second-order valence-electron chi connectivity index (χ2n) is 5.92. The molecular formula is C15H26N2O4. The number of hydrogen-bond donors (Lipinski definition) is 1. The summed E-state index contributed by atoms with van der Waals surface area (Å²) >= 11 is 0. The summed E-state index contributed by atoms with van der Waals surface area (Å²) in [5.74, 6) is -0.941. The predicted octanol–water partition coefficient (Wildman–Crippen LogP) is 1.94. The van der Waals surface area contributed by atoms with Crippen molar-refractivity contribution in [3.63, 3.8) is 0 Å². The number of carboxylic acid groups (broad SMARTS) is 1. The van der Waals surface area contributed by atoms with Gasteiger partial charge < -0.3 is 19.6 Å². The van der Waals surface area contributed by atoms with Gasteiger partial charge in [0.15, 0.2) is 0 Å². The maximum atomic E-state index is 12.7. The molecule has 1 heterocycles. The average molecular weight is 298 g/mol. The van der Waals surface area contributed by atoms with E-state index in [1.165, 1.54) is 0 Å². The third-order valence-corrected chi connectivity index (χ3v) is 4.42. The standard InChI is InChI=1S/C15H26N2O4/c1-2-16(10-13-8-5-9-21-13)15(20)17(11-14(18)19)12-6-3-4-7-12/h12-13H,2-11H2,1H3,(H,18,19). The molecule has 1 N–H and O–H groups in total. The van der Waals surface area contributed by atoms with Crippen molar-refractivity contribution < 1.29 is 19.4 Å². The quantitative estimate of drug-likeness (QED) is 0.813. The second kappa shape index (κ2) is 7.64. The normalized spacial score (nSPS) is 22.4. The molecule has 0 aromatic rings. The van der Waals surface area contributed by atoms with Gasteiger partial charge >= 0.3 is 12.0 Å². The summed E-state index contributed by atoms with van der Waals surface area (Å²) in [6.45, 7) is 3.64. The van der Waals surface area contributed by atoms with E-state index >= 15 is 0 Å². The molecule has 2 rings (SSSR count). The molecule has 1 atom stereocenters. The van der Waals surface area contributed by atoms with Crippen LogP contribution in [0.5, 0.6) is 0 Å². The number of amides is 2. The first-order valence-electron chi connectivity index (χ1n) is 8.00. The molecule has 1 saturated heterocycles. The van der Waals surface area contributed by atoms with Gasteiger partial charge in [-0.05, 0) is 32.6 Å². The van der Waals surface area contributed by atoms with Crippen molar-refractivity contribution in [1.82, 2.24) is 9.80 Å². The van der Waals surface area contributed by atoms with Crippen LogP contribution in [0, 0.1) is 0 Å². The van der Waals surface area contributed by atoms with Crippen LogP contribution in [-0.2, 0) is 9.53 Å². The zero-order valence-corrected chi connectivity index (χ0v) is 12.8. The Balaban J connectivity index is 2.00. The van der Waals surface area contributed by atoms with Crippen molar-refractivity contribution in [1.29, 1.82) is 0 Å². The molecule has 120 valence electrons. The van der Waals surface area contributed by atoms with E-state index in [0.29, 0.717) is 13.1 Å². The van der Waals surface area contributed by atoms with E-state index in [1.807, 2.05) is 6.92 Å². The molecule has 2 fully saturated rings. The zero-order valence-electron chi connectivity index (χ0n) is 12.8. The molecule has 0 radical (unpaired) electrons. The van der Waals surface area contributed by atoms with Crippen LogP contribution < -0.4 is 0 Å². The summed E-state index contributed by atoms with van der Waals surface area (Å²) < 4.78 is 5.59. The number of likely N-dealkylation sites (N-methyl/N-ethyl adjacent to an activating group) is 1. The Kier molecular flexibility index (Phi) is 5.85. The highest BCUT2D eigenvalue weighted by Gasteiger charge is 2.32. The maximum Gasteiger partial charge on any atom is 0.323 e. The SMILES string of the molecule is CCN(CC1CCCO1)C(=O)N(CC(=O)O)C1CCCC1. The monoisotopic (exact) mass is 298 g/mol. The third kappa shape index (κ3) is 4.33. The summed E-state index contributed by atoms with van der Waals surface area (Å²) in [6.07, 6.45) is 6.10. The minimum absolute atomic E-state index is 0.0761. The number of aliphatic carboxylic acids is 1. The largest absolute Gasteiger partial charge is 0.480 e. The minimum Gasteiger partial charge on any atom is -0.480 e. The smallest absolute Gasteiger partial charge is 0.323 e. The Morgan fingerprint density at radius 2 is 1.90 bits per heavy atom. The predicted molar refractivity (Wildman–Crippen MR) is 78.2 cm³/mol. The van der Waals surface area contributed by atoms with Crippen LogP contribution >= 0.6 is 0 Å². The van der Waals surface area contributed by atoms with Gasteiger partial charge in [-0.25, -0.2) is 4.79 Å². The summed E-state index contributed by atoms with van der Waals surface area (Å²) in [7, 11) is 0. The van der Waals surface area contributed by atoms with Crippen LogP contribution in [0.4, 0.5) is 4.79 Å². The van der Waals surface area contributed by atoms with Gasteiger partial charge in [0.2, 0.25) is 0 Å². The van der Waals surface area contributed by atoms with Crippen molar-refractivity contribution in [2.45, 2.75) is 57.6 Å². The molecule has 6 nitrogen and oxygen atoms in total. The molecule has 0 aromatic carbocycles. The van der Waals surface area contributed by atoms with E-state index in [0.717, 1.165) is 45.1 Å². The van der Waals surface area contributed by atoms with Gasteiger partial charge in [0.1, 0.15) is 6.54 Å². The van der Waals surface area contributed by atoms with Crippen LogP contribution in [0.1, 0.15) is 45.4 Å². The van der Waals surface area contributed by atoms with Crippen LogP contribution in [0.25, 0.3) is 0 Å². The lowest BCUT2D eigenvalue weighted by molar-refractivity contribution is -0.138. The molecule has 1 saturated carbocycles. The minimum atomic E-state index is -0.941. The lowest BCUT2D eigenvalue weighted by Gasteiger charge is -2.34. The molecule has 2 amide bonds. The third-order valence-electron chi connectivity index (χ3n) is 4.42. The first kappa shape index (κ1) is 16.1. The van der Waals surface area contributed by atoms with E-state index in [9.17, 15) is 9.59 Å². The van der Waals surface area contributed by atoms with Gasteiger partial charge in [-0.3, -0.25) is 4.79 Å². The molecule has 0 bridgehead atoms. The first-order valence-corrected chi connectivity index (χ1v) is 8.00. The number of hydrogen-bond acceptors (Lipinski definition) is 3. The molecule has 1 aliphatic carbocycles. The van der Waals surface area contributed by atoms with E-state index in [1.54, 1.807) is 9.80 Å². The highest BCUT2D eigenvalue weighted by molar-refractivity contribution is 5.80. The van der Waals surface area contributed by atoms with Crippen molar-refractivity contribution in [3.05, 3.63) is 0 Å². The van der Waals surface area contributed by atoms with Crippen molar-refractivity contribution >= 4 is 12.0 Å². The Morgan fingerprint density at radius 3 is 2.43 bits per heavy atom. The van der Waals surface area contributed by atoms with E-state index in [2.05, 4.69) is 0 Å². The molecule has 0 aromatic heterocycles. The topological polar surface area (TPSA) is 70.1 Å². The highest BCUT2D eigenvalue weighted by Crippen LogP contribution is 2.25. The maximum absolute atomic E-state index is 12.7. The average Bonchev–Trinajstić information content (AvgIpc) is 3.14. The molecule has 0 spiro atoms. The Bertz CT molecular complexity index is 363. The van der Waals surface area contributed by atoms with E-state index < -0.39 is 5.97 Å². The van der Waals surface area contributed by atoms with Crippen molar-refractivity contribution in [2.24, 2.45) is 0 Å². The summed E-state index contributed by atoms with van der Waals surface area (Å²) in [6, 6.07) is -0.0746. The van der Waals surface area contributed by atoms with Gasteiger partial charge in [0.25, 0.3) is 0 Å². The van der Waals surface area contributed by atoms with Gasteiger partial charge in [-0.1, -0.05) is 12.8 Å². The lowest BCUT2D eigenvalue weighted by atomic mass is 10.2. The first-order chi connectivity index (χ1) is 10.1. The van der Waals surface area contributed by atoms with Crippen LogP contribution in [0.3, 0.4) is 0 Å². The van der Waals surface area contributed by atoms with Crippen molar-refractivity contribution in [2.75, 3.05) is 26.2 Å². The molecule has 1 unspecified atom stereocenters. The fourth-order valence-corrected chi connectivity index (χ4v) is 3.27. The number of carboxylic acids is 1. The summed E-state index contributed by atoms with van der Waals surface area (Å²) in [5, 5.41) is 9.09. The van der Waals surface area contributed by atoms with Gasteiger partial charge in [0, 0.05) is 25.7 Å². The fraction of sp³-hybridized carbons (Fsp3) is 0.867. The van der Waals surface area contributed by atoms with Gasteiger partial charge in [0.05, 0.1) is 6.10 Å². The highest BCUT2D eigenvalue weighted by atomic mass is 16.5. The van der Waals surface area contributed by atoms with Gasteiger partial charge in [-0.15, -0.1) is 0 Å². The number of ether oxygens (including phenoxy) is 1. The number of carbonyl (C=O) groups excluding carboxylic acids is 1. The fourth-order valence-electron chi connectivity index (χ4n) is 3.27. The summed E-state index contributed by atoms with van der Waals surface area (Å²) in [5.41, 5.74) is 0. The number of urea groups is 1. The number of carbonyl (C=O) groups is 2. The summed E-state index contributed by atoms with van der Waals surface area (Å²) in [4.78, 5) is 27.1. The Hall–Kier alpha value is -1.30. The molecule has 6 heteroatoms. The Labute approximate surface area is 126 Å². The molecule has 21 heavy (non-hydrogen) atoms. The van der Waals surface area contributed by atoms with Crippen LogP contribution in [-0.4, -0.2) is 65.3 Å². The van der Waals surface area contributed by atoms with Crippen LogP contribution in [0.15, 0.2) is 0 Å². The molecule has 2 aliphatic rings. The lowest BCUT2D eigenvalue weighted by Crippen LogP contribution is -2.51. The van der Waals surface area contributed by atoms with Gasteiger partial charge in [-0.2, -0.15) is 0 Å². The second-order valence-corrected chi connectivity index (χ2v) is 5.92. The van der Waals surface area contributed by atoms with E-state index in [-0.39, 0.29) is 24.7 Å². The van der Waals surface area contributed by atoms with Crippen molar-refractivity contribution in [3.8, 4) is 0 Å². The Morgan fingerprint density at radius 1 is 1.19 bits per heavy atom. The molecular weight excluding hydrogens is 272 g/mol.